The molecule has 2 rings (SSSR count). The number of rotatable bonds is 5. The molecule has 0 amide bonds. The maximum Gasteiger partial charge on any atom is 0.136 e. The number of halogens is 1. The van der Waals surface area contributed by atoms with Gasteiger partial charge in [0.1, 0.15) is 24.2 Å². The van der Waals surface area contributed by atoms with Crippen LogP contribution in [0.2, 0.25) is 5.02 Å². The molecule has 0 aliphatic carbocycles. The van der Waals surface area contributed by atoms with E-state index in [0.717, 1.165) is 11.1 Å². The van der Waals surface area contributed by atoms with Gasteiger partial charge in [-0.2, -0.15) is 5.26 Å². The van der Waals surface area contributed by atoms with Crippen molar-refractivity contribution in [3.8, 4) is 17.6 Å². The standard InChI is InChI=1S/C16H15ClN2O2/c1-20-15-6-5-11(7-12(15)8-18)10-21-16-4-2-3-14(17)13(16)9-19/h2-7H,9-10,19H2,1H3. The summed E-state index contributed by atoms with van der Waals surface area (Å²) < 4.78 is 10.9. The van der Waals surface area contributed by atoms with E-state index in [4.69, 9.17) is 32.1 Å². The van der Waals surface area contributed by atoms with Gasteiger partial charge in [0, 0.05) is 17.1 Å². The summed E-state index contributed by atoms with van der Waals surface area (Å²) in [6.45, 7) is 0.632. The van der Waals surface area contributed by atoms with Gasteiger partial charge in [-0.05, 0) is 29.8 Å². The van der Waals surface area contributed by atoms with Crippen molar-refractivity contribution in [2.45, 2.75) is 13.2 Å². The summed E-state index contributed by atoms with van der Waals surface area (Å²) in [5.41, 5.74) is 7.80. The number of nitriles is 1. The number of nitrogens with two attached hydrogens (primary N) is 1. The molecule has 0 radical (unpaired) electrons. The molecule has 2 N–H and O–H groups in total. The van der Waals surface area contributed by atoms with Gasteiger partial charge in [-0.3, -0.25) is 0 Å². The Kier molecular flexibility index (Phi) is 5.04. The topological polar surface area (TPSA) is 68.3 Å². The molecular weight excluding hydrogens is 288 g/mol. The van der Waals surface area contributed by atoms with Crippen LogP contribution >= 0.6 is 11.6 Å². The van der Waals surface area contributed by atoms with Crippen molar-refractivity contribution < 1.29 is 9.47 Å². The number of ether oxygens (including phenoxy) is 2. The molecule has 0 aliphatic rings. The minimum absolute atomic E-state index is 0.307. The minimum Gasteiger partial charge on any atom is -0.495 e. The van der Waals surface area contributed by atoms with Crippen LogP contribution in [-0.4, -0.2) is 7.11 Å². The molecule has 4 nitrogen and oxygen atoms in total. The maximum absolute atomic E-state index is 9.07. The Bertz CT molecular complexity index is 680. The van der Waals surface area contributed by atoms with E-state index in [0.29, 0.717) is 35.2 Å². The third-order valence-corrected chi connectivity index (χ3v) is 3.41. The molecule has 0 heterocycles. The van der Waals surface area contributed by atoms with E-state index in [1.807, 2.05) is 18.2 Å². The highest BCUT2D eigenvalue weighted by Crippen LogP contribution is 2.27. The summed E-state index contributed by atoms with van der Waals surface area (Å²) in [5, 5.41) is 9.66. The predicted molar refractivity (Wildman–Crippen MR) is 81.4 cm³/mol. The van der Waals surface area contributed by atoms with E-state index in [1.165, 1.54) is 7.11 Å². The fourth-order valence-electron chi connectivity index (χ4n) is 1.97. The molecule has 0 bridgehead atoms. The van der Waals surface area contributed by atoms with Gasteiger partial charge in [0.05, 0.1) is 12.7 Å². The predicted octanol–water partition coefficient (Wildman–Crippen LogP) is 3.26. The Morgan fingerprint density at radius 3 is 2.71 bits per heavy atom. The highest BCUT2D eigenvalue weighted by molar-refractivity contribution is 6.31. The van der Waals surface area contributed by atoms with Gasteiger partial charge in [-0.25, -0.2) is 0 Å². The first-order valence-corrected chi connectivity index (χ1v) is 6.74. The van der Waals surface area contributed by atoms with Gasteiger partial charge in [0.25, 0.3) is 0 Å². The molecule has 108 valence electrons. The van der Waals surface area contributed by atoms with E-state index in [9.17, 15) is 0 Å². The van der Waals surface area contributed by atoms with E-state index in [2.05, 4.69) is 6.07 Å². The van der Waals surface area contributed by atoms with Crippen LogP contribution in [0, 0.1) is 11.3 Å². The largest absolute Gasteiger partial charge is 0.495 e. The lowest BCUT2D eigenvalue weighted by Crippen LogP contribution is -2.03. The molecule has 0 saturated heterocycles. The third kappa shape index (κ3) is 3.46. The van der Waals surface area contributed by atoms with Crippen LogP contribution in [0.15, 0.2) is 36.4 Å². The van der Waals surface area contributed by atoms with Crippen molar-refractivity contribution in [2.75, 3.05) is 7.11 Å². The number of benzene rings is 2. The Labute approximate surface area is 128 Å². The lowest BCUT2D eigenvalue weighted by molar-refractivity contribution is 0.302. The summed E-state index contributed by atoms with van der Waals surface area (Å²) in [4.78, 5) is 0. The normalized spacial score (nSPS) is 10.0. The second-order valence-corrected chi connectivity index (χ2v) is 4.76. The molecule has 2 aromatic rings. The van der Waals surface area contributed by atoms with Crippen LogP contribution < -0.4 is 15.2 Å². The van der Waals surface area contributed by atoms with Gasteiger partial charge in [0.15, 0.2) is 0 Å². The first kappa shape index (κ1) is 15.2. The monoisotopic (exact) mass is 302 g/mol. The van der Waals surface area contributed by atoms with E-state index in [-0.39, 0.29) is 0 Å². The fraction of sp³-hybridized carbons (Fsp3) is 0.188. The summed E-state index contributed by atoms with van der Waals surface area (Å²) >= 11 is 6.08. The second kappa shape index (κ2) is 6.98. The molecule has 2 aromatic carbocycles. The lowest BCUT2D eigenvalue weighted by atomic mass is 10.1. The molecule has 0 unspecified atom stereocenters. The van der Waals surface area contributed by atoms with Crippen LogP contribution in [0.5, 0.6) is 11.5 Å². The quantitative estimate of drug-likeness (QED) is 0.920. The number of methoxy groups -OCH3 is 1. The van der Waals surface area contributed by atoms with Crippen LogP contribution in [0.1, 0.15) is 16.7 Å². The zero-order valence-electron chi connectivity index (χ0n) is 11.6. The smallest absolute Gasteiger partial charge is 0.136 e. The number of hydrogen-bond acceptors (Lipinski definition) is 4. The molecule has 0 aliphatic heterocycles. The first-order valence-electron chi connectivity index (χ1n) is 6.37. The van der Waals surface area contributed by atoms with E-state index in [1.54, 1.807) is 18.2 Å². The van der Waals surface area contributed by atoms with Crippen LogP contribution in [-0.2, 0) is 13.2 Å². The van der Waals surface area contributed by atoms with Crippen LogP contribution in [0.4, 0.5) is 0 Å². The maximum atomic E-state index is 9.07. The molecule has 0 saturated carbocycles. The number of nitrogens with zero attached hydrogens (tertiary/aromatic N) is 1. The zero-order chi connectivity index (χ0) is 15.2. The number of hydrogen-bond donors (Lipinski definition) is 1. The molecule has 0 fully saturated rings. The van der Waals surface area contributed by atoms with Crippen molar-refractivity contribution >= 4 is 11.6 Å². The third-order valence-electron chi connectivity index (χ3n) is 3.06. The molecule has 0 atom stereocenters. The lowest BCUT2D eigenvalue weighted by Gasteiger charge is -2.12. The molecule has 0 spiro atoms. The molecule has 5 heteroatoms. The molecule has 21 heavy (non-hydrogen) atoms. The van der Waals surface area contributed by atoms with Crippen molar-refractivity contribution in [1.29, 1.82) is 5.26 Å². The van der Waals surface area contributed by atoms with Gasteiger partial charge >= 0.3 is 0 Å². The Morgan fingerprint density at radius 2 is 2.05 bits per heavy atom. The van der Waals surface area contributed by atoms with E-state index >= 15 is 0 Å². The van der Waals surface area contributed by atoms with Gasteiger partial charge in [-0.1, -0.05) is 23.7 Å². The van der Waals surface area contributed by atoms with E-state index < -0.39 is 0 Å². The molecule has 0 aromatic heterocycles. The zero-order valence-corrected chi connectivity index (χ0v) is 12.4. The Hall–Kier alpha value is -2.22. The Balaban J connectivity index is 2.17. The fourth-order valence-corrected chi connectivity index (χ4v) is 2.21. The Morgan fingerprint density at radius 1 is 1.24 bits per heavy atom. The minimum atomic E-state index is 0.307. The van der Waals surface area contributed by atoms with Crippen LogP contribution in [0.3, 0.4) is 0 Å². The van der Waals surface area contributed by atoms with Gasteiger partial charge in [-0.15, -0.1) is 0 Å². The first-order chi connectivity index (χ1) is 10.2. The second-order valence-electron chi connectivity index (χ2n) is 4.36. The summed E-state index contributed by atoms with van der Waals surface area (Å²) in [6.07, 6.45) is 0. The summed E-state index contributed by atoms with van der Waals surface area (Å²) in [5.74, 6) is 1.20. The highest BCUT2D eigenvalue weighted by Gasteiger charge is 2.08. The van der Waals surface area contributed by atoms with Crippen molar-refractivity contribution in [3.63, 3.8) is 0 Å². The summed E-state index contributed by atoms with van der Waals surface area (Å²) in [6, 6.07) is 12.8. The molecular formula is C16H15ClN2O2. The van der Waals surface area contributed by atoms with Crippen molar-refractivity contribution in [3.05, 3.63) is 58.1 Å². The highest BCUT2D eigenvalue weighted by atomic mass is 35.5. The van der Waals surface area contributed by atoms with Crippen molar-refractivity contribution in [1.82, 2.24) is 0 Å². The van der Waals surface area contributed by atoms with Gasteiger partial charge < -0.3 is 15.2 Å². The SMILES string of the molecule is COc1ccc(COc2cccc(Cl)c2CN)cc1C#N. The summed E-state index contributed by atoms with van der Waals surface area (Å²) in [7, 11) is 1.53. The van der Waals surface area contributed by atoms with Crippen LogP contribution in [0.25, 0.3) is 0 Å². The van der Waals surface area contributed by atoms with Gasteiger partial charge in [0.2, 0.25) is 0 Å². The van der Waals surface area contributed by atoms with Crippen molar-refractivity contribution in [2.24, 2.45) is 5.73 Å². The average Bonchev–Trinajstić information content (AvgIpc) is 2.52. The average molecular weight is 303 g/mol.